The van der Waals surface area contributed by atoms with Gasteiger partial charge < -0.3 is 4.98 Å². The molecule has 1 aromatic carbocycles. The van der Waals surface area contributed by atoms with E-state index >= 15 is 0 Å². The molecule has 2 aromatic rings. The molecule has 2 N–H and O–H groups in total. The predicted octanol–water partition coefficient (Wildman–Crippen LogP) is 3.17. The van der Waals surface area contributed by atoms with Crippen LogP contribution in [0.5, 0.6) is 0 Å². The maximum atomic E-state index is 11.9. The molecular formula is C17H19N3O. The van der Waals surface area contributed by atoms with Gasteiger partial charge in [0.2, 0.25) is 5.91 Å². The average molecular weight is 281 g/mol. The number of H-pyrrole nitrogens is 1. The monoisotopic (exact) mass is 281 g/mol. The van der Waals surface area contributed by atoms with Gasteiger partial charge in [-0.05, 0) is 42.7 Å². The Bertz CT molecular complexity index is 651. The Kier molecular flexibility index (Phi) is 4.15. The smallest absolute Gasteiger partial charge is 0.245 e. The molecule has 1 aliphatic rings. The van der Waals surface area contributed by atoms with Crippen LogP contribution in [-0.4, -0.2) is 17.1 Å². The van der Waals surface area contributed by atoms with Crippen molar-refractivity contribution in [2.24, 2.45) is 11.0 Å². The summed E-state index contributed by atoms with van der Waals surface area (Å²) in [4.78, 5) is 15.1. The van der Waals surface area contributed by atoms with Gasteiger partial charge in [-0.3, -0.25) is 4.79 Å². The first-order chi connectivity index (χ1) is 10.3. The number of amides is 1. The van der Waals surface area contributed by atoms with E-state index in [1.165, 1.54) is 0 Å². The molecule has 1 heterocycles. The Morgan fingerprint density at radius 3 is 3.10 bits per heavy atom. The Labute approximate surface area is 123 Å². The lowest BCUT2D eigenvalue weighted by atomic mass is 9.96. The van der Waals surface area contributed by atoms with Gasteiger partial charge in [0.05, 0.1) is 6.42 Å². The summed E-state index contributed by atoms with van der Waals surface area (Å²) >= 11 is 0. The van der Waals surface area contributed by atoms with Crippen LogP contribution in [0.1, 0.15) is 25.0 Å². The van der Waals surface area contributed by atoms with Gasteiger partial charge in [-0.2, -0.15) is 5.10 Å². The second-order valence-corrected chi connectivity index (χ2v) is 5.42. The first kappa shape index (κ1) is 13.6. The second-order valence-electron chi connectivity index (χ2n) is 5.42. The molecule has 108 valence electrons. The molecule has 1 atom stereocenters. The second kappa shape index (κ2) is 6.39. The highest BCUT2D eigenvalue weighted by molar-refractivity contribution is 5.84. The Morgan fingerprint density at radius 1 is 1.38 bits per heavy atom. The quantitative estimate of drug-likeness (QED) is 0.505. The fourth-order valence-electron chi connectivity index (χ4n) is 2.61. The van der Waals surface area contributed by atoms with Crippen LogP contribution in [0.4, 0.5) is 0 Å². The zero-order valence-corrected chi connectivity index (χ0v) is 11.9. The number of aromatic nitrogens is 1. The van der Waals surface area contributed by atoms with Gasteiger partial charge in [-0.15, -0.1) is 0 Å². The number of carbonyl (C=O) groups excluding carboxylic acids is 1. The lowest BCUT2D eigenvalue weighted by Crippen LogP contribution is -2.20. The van der Waals surface area contributed by atoms with Crippen molar-refractivity contribution in [2.45, 2.75) is 25.7 Å². The van der Waals surface area contributed by atoms with E-state index in [1.54, 1.807) is 0 Å². The number of hydrogen-bond acceptors (Lipinski definition) is 2. The zero-order chi connectivity index (χ0) is 14.5. The molecule has 0 saturated carbocycles. The zero-order valence-electron chi connectivity index (χ0n) is 11.9. The van der Waals surface area contributed by atoms with Gasteiger partial charge in [-0.25, -0.2) is 5.43 Å². The summed E-state index contributed by atoms with van der Waals surface area (Å²) in [5.74, 6) is 0.354. The van der Waals surface area contributed by atoms with E-state index in [9.17, 15) is 4.79 Å². The number of nitrogens with zero attached hydrogens (tertiary/aromatic N) is 1. The third kappa shape index (κ3) is 3.60. The maximum Gasteiger partial charge on any atom is 0.245 e. The van der Waals surface area contributed by atoms with Crippen molar-refractivity contribution in [3.05, 3.63) is 48.2 Å². The summed E-state index contributed by atoms with van der Waals surface area (Å²) < 4.78 is 0. The van der Waals surface area contributed by atoms with E-state index in [4.69, 9.17) is 0 Å². The summed E-state index contributed by atoms with van der Waals surface area (Å²) in [7, 11) is 0. The van der Waals surface area contributed by atoms with Crippen molar-refractivity contribution in [1.82, 2.24) is 10.4 Å². The number of allylic oxidation sites excluding steroid dienone is 2. The van der Waals surface area contributed by atoms with Crippen molar-refractivity contribution >= 4 is 23.0 Å². The highest BCUT2D eigenvalue weighted by Crippen LogP contribution is 2.16. The lowest BCUT2D eigenvalue weighted by Gasteiger charge is -2.11. The summed E-state index contributed by atoms with van der Waals surface area (Å²) in [6.07, 6.45) is 9.76. The third-order valence-electron chi connectivity index (χ3n) is 3.72. The number of rotatable bonds is 4. The maximum absolute atomic E-state index is 11.9. The van der Waals surface area contributed by atoms with Crippen LogP contribution in [0, 0.1) is 5.92 Å². The van der Waals surface area contributed by atoms with E-state index in [2.05, 4.69) is 27.7 Å². The molecule has 21 heavy (non-hydrogen) atoms. The number of para-hydroxylation sites is 1. The number of aromatic amines is 1. The number of fused-ring (bicyclic) bond motifs is 1. The first-order valence-corrected chi connectivity index (χ1v) is 7.35. The molecule has 3 rings (SSSR count). The molecule has 0 spiro atoms. The minimum Gasteiger partial charge on any atom is -0.358 e. The molecule has 0 radical (unpaired) electrons. The highest BCUT2D eigenvalue weighted by Gasteiger charge is 2.08. The number of carbonyl (C=O) groups is 1. The Balaban J connectivity index is 1.53. The first-order valence-electron chi connectivity index (χ1n) is 7.35. The standard InChI is InChI=1S/C17H19N3O/c21-17(20-18-12-13-6-2-1-3-7-13)11-15-10-14-8-4-5-9-16(14)19-15/h1-2,4-5,8-10,12-13,19H,3,6-7,11H2,(H,20,21)/b18-12-/t13-/m1/s1. The number of nitrogens with one attached hydrogen (secondary N) is 2. The summed E-state index contributed by atoms with van der Waals surface area (Å²) in [5, 5.41) is 5.20. The van der Waals surface area contributed by atoms with Gasteiger partial charge in [0.25, 0.3) is 0 Å². The van der Waals surface area contributed by atoms with Gasteiger partial charge in [0.15, 0.2) is 0 Å². The van der Waals surface area contributed by atoms with Crippen molar-refractivity contribution in [1.29, 1.82) is 0 Å². The number of hydrazone groups is 1. The van der Waals surface area contributed by atoms with Crippen LogP contribution < -0.4 is 5.43 Å². The van der Waals surface area contributed by atoms with Crippen LogP contribution in [0.15, 0.2) is 47.6 Å². The summed E-state index contributed by atoms with van der Waals surface area (Å²) in [6, 6.07) is 10.0. The largest absolute Gasteiger partial charge is 0.358 e. The summed E-state index contributed by atoms with van der Waals surface area (Å²) in [5.41, 5.74) is 4.57. The van der Waals surface area contributed by atoms with Crippen LogP contribution in [0.3, 0.4) is 0 Å². The minimum atomic E-state index is -0.0934. The number of hydrogen-bond donors (Lipinski definition) is 2. The highest BCUT2D eigenvalue weighted by atomic mass is 16.2. The van der Waals surface area contributed by atoms with E-state index in [-0.39, 0.29) is 5.91 Å². The summed E-state index contributed by atoms with van der Waals surface area (Å²) in [6.45, 7) is 0. The fourth-order valence-corrected chi connectivity index (χ4v) is 2.61. The van der Waals surface area contributed by atoms with Crippen molar-refractivity contribution < 1.29 is 4.79 Å². The average Bonchev–Trinajstić information content (AvgIpc) is 2.90. The van der Waals surface area contributed by atoms with Crippen LogP contribution >= 0.6 is 0 Å². The Hall–Kier alpha value is -2.36. The van der Waals surface area contributed by atoms with Gasteiger partial charge in [0.1, 0.15) is 0 Å². The van der Waals surface area contributed by atoms with Crippen LogP contribution in [0.2, 0.25) is 0 Å². The molecule has 4 nitrogen and oxygen atoms in total. The number of benzene rings is 1. The third-order valence-corrected chi connectivity index (χ3v) is 3.72. The molecule has 4 heteroatoms. The minimum absolute atomic E-state index is 0.0934. The van der Waals surface area contributed by atoms with E-state index in [1.807, 2.05) is 36.5 Å². The van der Waals surface area contributed by atoms with Gasteiger partial charge in [-0.1, -0.05) is 30.4 Å². The van der Waals surface area contributed by atoms with Crippen molar-refractivity contribution in [3.63, 3.8) is 0 Å². The molecule has 0 bridgehead atoms. The Morgan fingerprint density at radius 2 is 2.29 bits per heavy atom. The molecule has 0 unspecified atom stereocenters. The SMILES string of the molecule is O=C(Cc1cc2ccccc2[nH]1)N/N=C\[C@@H]1CC=CCC1. The van der Waals surface area contributed by atoms with Crippen LogP contribution in [-0.2, 0) is 11.2 Å². The van der Waals surface area contributed by atoms with Gasteiger partial charge in [0, 0.05) is 17.4 Å². The van der Waals surface area contributed by atoms with Gasteiger partial charge >= 0.3 is 0 Å². The molecule has 0 aliphatic heterocycles. The normalized spacial score (nSPS) is 18.4. The van der Waals surface area contributed by atoms with Crippen molar-refractivity contribution in [2.75, 3.05) is 0 Å². The van der Waals surface area contributed by atoms with E-state index in [0.717, 1.165) is 35.9 Å². The predicted molar refractivity (Wildman–Crippen MR) is 85.1 cm³/mol. The van der Waals surface area contributed by atoms with E-state index in [0.29, 0.717) is 12.3 Å². The van der Waals surface area contributed by atoms with Crippen LogP contribution in [0.25, 0.3) is 10.9 Å². The fraction of sp³-hybridized carbons (Fsp3) is 0.294. The molecule has 1 aromatic heterocycles. The molecule has 1 aliphatic carbocycles. The molecule has 0 fully saturated rings. The molecule has 0 saturated heterocycles. The molecular weight excluding hydrogens is 262 g/mol. The van der Waals surface area contributed by atoms with E-state index < -0.39 is 0 Å². The topological polar surface area (TPSA) is 57.2 Å². The van der Waals surface area contributed by atoms with Crippen molar-refractivity contribution in [3.8, 4) is 0 Å². The molecule has 1 amide bonds. The lowest BCUT2D eigenvalue weighted by molar-refractivity contribution is -0.120.